The molecule has 1 aromatic carbocycles. The van der Waals surface area contributed by atoms with Gasteiger partial charge in [0.1, 0.15) is 6.61 Å². The van der Waals surface area contributed by atoms with E-state index in [9.17, 15) is 13.2 Å². The minimum absolute atomic E-state index is 0.0840. The number of anilines is 1. The summed E-state index contributed by atoms with van der Waals surface area (Å²) in [5.74, 6) is -0.145. The molecule has 0 N–H and O–H groups in total. The molecular weight excluding hydrogens is 336 g/mol. The number of nitrogens with zero attached hydrogens (tertiary/aromatic N) is 2. The van der Waals surface area contributed by atoms with Crippen LogP contribution in [0, 0.1) is 6.92 Å². The van der Waals surface area contributed by atoms with Crippen molar-refractivity contribution in [1.82, 2.24) is 0 Å². The highest BCUT2D eigenvalue weighted by atomic mass is 32.2. The lowest BCUT2D eigenvalue weighted by molar-refractivity contribution is -0.121. The Bertz CT molecular complexity index is 760. The maximum Gasteiger partial charge on any atom is 0.274 e. The smallest absolute Gasteiger partial charge is 0.274 e. The molecule has 1 amide bonds. The number of carbonyl (C=O) groups excluding carboxylic acids is 1. The first-order chi connectivity index (χ1) is 10.9. The first-order valence-electron chi connectivity index (χ1n) is 7.23. The van der Waals surface area contributed by atoms with Gasteiger partial charge in [0.25, 0.3) is 5.91 Å². The maximum atomic E-state index is 12.0. The van der Waals surface area contributed by atoms with Crippen molar-refractivity contribution in [2.24, 2.45) is 4.99 Å². The van der Waals surface area contributed by atoms with Gasteiger partial charge in [0, 0.05) is 18.0 Å². The van der Waals surface area contributed by atoms with Crippen molar-refractivity contribution in [3.63, 3.8) is 0 Å². The van der Waals surface area contributed by atoms with Crippen molar-refractivity contribution in [2.45, 2.75) is 18.2 Å². The van der Waals surface area contributed by atoms with Crippen LogP contribution in [0.1, 0.15) is 5.56 Å². The minimum Gasteiger partial charge on any atom is -0.375 e. The van der Waals surface area contributed by atoms with Gasteiger partial charge in [-0.3, -0.25) is 4.79 Å². The number of fused-ring (bicyclic) bond motifs is 1. The molecular formula is C15H18N2O4S2. The zero-order chi connectivity index (χ0) is 16.6. The molecule has 8 heteroatoms. The number of amides is 1. The van der Waals surface area contributed by atoms with Gasteiger partial charge in [-0.05, 0) is 24.6 Å². The number of ether oxygens (including phenoxy) is 1. The van der Waals surface area contributed by atoms with Crippen LogP contribution in [-0.4, -0.2) is 56.0 Å². The summed E-state index contributed by atoms with van der Waals surface area (Å²) in [6, 6.07) is 7.60. The van der Waals surface area contributed by atoms with Gasteiger partial charge in [0.15, 0.2) is 15.0 Å². The molecule has 0 aromatic heterocycles. The summed E-state index contributed by atoms with van der Waals surface area (Å²) in [5, 5.41) is 0.470. The summed E-state index contributed by atoms with van der Waals surface area (Å²) in [7, 11) is -1.60. The van der Waals surface area contributed by atoms with E-state index in [0.29, 0.717) is 5.17 Å². The quantitative estimate of drug-likeness (QED) is 0.813. The molecule has 0 saturated carbocycles. The molecule has 1 aromatic rings. The molecule has 2 atom stereocenters. The van der Waals surface area contributed by atoms with Crippen LogP contribution in [-0.2, 0) is 19.4 Å². The summed E-state index contributed by atoms with van der Waals surface area (Å²) in [6.45, 7) is 1.89. The van der Waals surface area contributed by atoms with Crippen LogP contribution in [0.25, 0.3) is 0 Å². The van der Waals surface area contributed by atoms with Crippen molar-refractivity contribution in [2.75, 3.05) is 30.1 Å². The fourth-order valence-corrected chi connectivity index (χ4v) is 6.84. The Morgan fingerprint density at radius 2 is 2.22 bits per heavy atom. The van der Waals surface area contributed by atoms with E-state index < -0.39 is 9.84 Å². The summed E-state index contributed by atoms with van der Waals surface area (Å²) in [5.41, 5.74) is 1.94. The van der Waals surface area contributed by atoms with E-state index in [1.807, 2.05) is 36.1 Å². The predicted molar refractivity (Wildman–Crippen MR) is 91.8 cm³/mol. The lowest BCUT2D eigenvalue weighted by Gasteiger charge is -2.24. The topological polar surface area (TPSA) is 76.0 Å². The Balaban J connectivity index is 1.99. The second kappa shape index (κ2) is 6.26. The maximum absolute atomic E-state index is 12.0. The molecule has 2 fully saturated rings. The molecule has 2 aliphatic heterocycles. The number of thioether (sulfide) groups is 1. The van der Waals surface area contributed by atoms with Gasteiger partial charge in [-0.15, -0.1) is 0 Å². The second-order valence-electron chi connectivity index (χ2n) is 5.73. The average molecular weight is 354 g/mol. The van der Waals surface area contributed by atoms with Crippen LogP contribution in [0.5, 0.6) is 0 Å². The average Bonchev–Trinajstić information content (AvgIpc) is 2.89. The van der Waals surface area contributed by atoms with E-state index in [1.165, 1.54) is 18.9 Å². The Morgan fingerprint density at radius 1 is 1.43 bits per heavy atom. The molecule has 124 valence electrons. The molecule has 23 heavy (non-hydrogen) atoms. The van der Waals surface area contributed by atoms with E-state index in [2.05, 4.69) is 4.99 Å². The van der Waals surface area contributed by atoms with Crippen LogP contribution in [0.2, 0.25) is 0 Å². The fraction of sp³-hybridized carbons (Fsp3) is 0.467. The molecule has 6 nitrogen and oxygen atoms in total. The monoisotopic (exact) mass is 354 g/mol. The van der Waals surface area contributed by atoms with Gasteiger partial charge in [-0.25, -0.2) is 8.42 Å². The van der Waals surface area contributed by atoms with Crippen molar-refractivity contribution in [1.29, 1.82) is 0 Å². The molecule has 0 unspecified atom stereocenters. The molecule has 0 spiro atoms. The van der Waals surface area contributed by atoms with Crippen molar-refractivity contribution in [3.8, 4) is 0 Å². The summed E-state index contributed by atoms with van der Waals surface area (Å²) in [4.78, 5) is 17.8. The number of hydrogen-bond acceptors (Lipinski definition) is 5. The van der Waals surface area contributed by atoms with E-state index in [0.717, 1.165) is 11.3 Å². The first kappa shape index (κ1) is 16.5. The zero-order valence-electron chi connectivity index (χ0n) is 12.9. The third-order valence-electron chi connectivity index (χ3n) is 3.83. The first-order valence-corrected chi connectivity index (χ1v) is 9.93. The van der Waals surface area contributed by atoms with Gasteiger partial charge in [-0.1, -0.05) is 23.9 Å². The SMILES string of the molecule is COCC(=O)N=C1S[C@@H]2CS(=O)(=O)C[C@H]2N1c1cccc(C)c1. The Labute approximate surface area is 139 Å². The van der Waals surface area contributed by atoms with E-state index in [4.69, 9.17) is 4.74 Å². The number of aliphatic imine (C=N–C) groups is 1. The highest BCUT2D eigenvalue weighted by molar-refractivity contribution is 8.16. The number of aryl methyl sites for hydroxylation is 1. The number of methoxy groups -OCH3 is 1. The van der Waals surface area contributed by atoms with Crippen LogP contribution >= 0.6 is 11.8 Å². The predicted octanol–water partition coefficient (Wildman–Crippen LogP) is 1.24. The van der Waals surface area contributed by atoms with E-state index in [-0.39, 0.29) is 35.3 Å². The summed E-state index contributed by atoms with van der Waals surface area (Å²) in [6.07, 6.45) is 0. The number of carbonyl (C=O) groups is 1. The highest BCUT2D eigenvalue weighted by Gasteiger charge is 2.49. The van der Waals surface area contributed by atoms with Crippen LogP contribution in [0.3, 0.4) is 0 Å². The number of sulfone groups is 1. The van der Waals surface area contributed by atoms with Gasteiger partial charge < -0.3 is 9.64 Å². The molecule has 0 aliphatic carbocycles. The second-order valence-corrected chi connectivity index (χ2v) is 9.09. The highest BCUT2D eigenvalue weighted by Crippen LogP contribution is 2.41. The van der Waals surface area contributed by atoms with E-state index >= 15 is 0 Å². The molecule has 3 rings (SSSR count). The van der Waals surface area contributed by atoms with Crippen molar-refractivity contribution < 1.29 is 17.9 Å². The third-order valence-corrected chi connectivity index (χ3v) is 7.04. The molecule has 0 bridgehead atoms. The fourth-order valence-electron chi connectivity index (χ4n) is 2.91. The van der Waals surface area contributed by atoms with Gasteiger partial charge in [0.05, 0.1) is 17.5 Å². The number of hydrogen-bond donors (Lipinski definition) is 0. The van der Waals surface area contributed by atoms with Gasteiger partial charge in [-0.2, -0.15) is 4.99 Å². The molecule has 2 saturated heterocycles. The Hall–Kier alpha value is -1.38. The third kappa shape index (κ3) is 3.44. The normalized spacial score (nSPS) is 27.4. The number of benzene rings is 1. The lowest BCUT2D eigenvalue weighted by atomic mass is 10.1. The van der Waals surface area contributed by atoms with Crippen LogP contribution in [0.15, 0.2) is 29.3 Å². The Morgan fingerprint density at radius 3 is 2.91 bits per heavy atom. The van der Waals surface area contributed by atoms with Crippen molar-refractivity contribution >= 4 is 38.4 Å². The standard InChI is InChI=1S/C15H18N2O4S2/c1-10-4-3-5-11(6-10)17-12-8-23(19,20)9-13(12)22-15(17)16-14(18)7-21-2/h3-6,12-13H,7-9H2,1-2H3/t12-,13-/m1/s1. The van der Waals surface area contributed by atoms with Crippen molar-refractivity contribution in [3.05, 3.63) is 29.8 Å². The zero-order valence-corrected chi connectivity index (χ0v) is 14.6. The van der Waals surface area contributed by atoms with Crippen LogP contribution < -0.4 is 4.90 Å². The molecule has 2 heterocycles. The number of amidine groups is 1. The minimum atomic E-state index is -3.05. The van der Waals surface area contributed by atoms with Crippen LogP contribution in [0.4, 0.5) is 5.69 Å². The van der Waals surface area contributed by atoms with Gasteiger partial charge >= 0.3 is 0 Å². The summed E-state index contributed by atoms with van der Waals surface area (Å²) >= 11 is 1.37. The molecule has 0 radical (unpaired) electrons. The lowest BCUT2D eigenvalue weighted by Crippen LogP contribution is -2.37. The van der Waals surface area contributed by atoms with Gasteiger partial charge in [0.2, 0.25) is 0 Å². The number of rotatable bonds is 3. The molecule has 2 aliphatic rings. The van der Waals surface area contributed by atoms with E-state index in [1.54, 1.807) is 0 Å². The Kier molecular flexibility index (Phi) is 4.48. The largest absolute Gasteiger partial charge is 0.375 e. The summed E-state index contributed by atoms with van der Waals surface area (Å²) < 4.78 is 28.7.